The van der Waals surface area contributed by atoms with Crippen molar-refractivity contribution in [2.24, 2.45) is 12.8 Å². The number of hydrogen-bond donors (Lipinski definition) is 1. The van der Waals surface area contributed by atoms with E-state index in [2.05, 4.69) is 11.6 Å². The Morgan fingerprint density at radius 1 is 0.880 bits per heavy atom. The molecule has 2 N–H and O–H groups in total. The van der Waals surface area contributed by atoms with Crippen LogP contribution in [-0.4, -0.2) is 30.3 Å². The Morgan fingerprint density at radius 2 is 1.44 bits per heavy atom. The highest BCUT2D eigenvalue weighted by Crippen LogP contribution is 2.32. The molecule has 0 fully saturated rings. The van der Waals surface area contributed by atoms with Gasteiger partial charge in [-0.2, -0.15) is 0 Å². The molecule has 0 unspecified atom stereocenters. The highest BCUT2D eigenvalue weighted by Gasteiger charge is 2.12. The normalized spacial score (nSPS) is 11.2. The van der Waals surface area contributed by atoms with E-state index in [0.29, 0.717) is 0 Å². The quantitative estimate of drug-likeness (QED) is 0.584. The van der Waals surface area contributed by atoms with Crippen molar-refractivity contribution < 1.29 is 9.47 Å². The molecule has 5 heteroatoms. The molecule has 5 nitrogen and oxygen atoms in total. The molecule has 0 radical (unpaired) electrons. The second kappa shape index (κ2) is 10.3. The lowest BCUT2D eigenvalue weighted by atomic mass is 10.1. The molecule has 0 saturated heterocycles. The first-order valence-electron chi connectivity index (χ1n) is 9.48. The molecular formula is C20H33N3O2. The first-order chi connectivity index (χ1) is 12.2. The fraction of sp³-hybridized carbons (Fsp3) is 0.650. The summed E-state index contributed by atoms with van der Waals surface area (Å²) >= 11 is 0. The van der Waals surface area contributed by atoms with Crippen molar-refractivity contribution in [3.63, 3.8) is 0 Å². The molecule has 140 valence electrons. The molecule has 1 aromatic carbocycles. The zero-order chi connectivity index (χ0) is 18.1. The van der Waals surface area contributed by atoms with Crippen molar-refractivity contribution >= 4 is 11.0 Å². The van der Waals surface area contributed by atoms with Gasteiger partial charge in [0.05, 0.1) is 25.3 Å². The summed E-state index contributed by atoms with van der Waals surface area (Å²) in [6.07, 6.45) is 11.2. The number of imidazole rings is 1. The van der Waals surface area contributed by atoms with Crippen LogP contribution in [0, 0.1) is 0 Å². The Hall–Kier alpha value is -1.75. The first kappa shape index (κ1) is 19.6. The number of aryl methyl sites for hydroxylation is 2. The van der Waals surface area contributed by atoms with Gasteiger partial charge in [0.1, 0.15) is 5.82 Å². The van der Waals surface area contributed by atoms with Crippen molar-refractivity contribution in [3.8, 4) is 11.5 Å². The number of fused-ring (bicyclic) bond motifs is 1. The largest absolute Gasteiger partial charge is 0.493 e. The average Bonchev–Trinajstić information content (AvgIpc) is 2.94. The predicted octanol–water partition coefficient (Wildman–Crippen LogP) is 4.21. The van der Waals surface area contributed by atoms with Gasteiger partial charge in [0.25, 0.3) is 0 Å². The lowest BCUT2D eigenvalue weighted by molar-refractivity contribution is 0.355. The Balaban J connectivity index is 1.82. The average molecular weight is 348 g/mol. The van der Waals surface area contributed by atoms with Crippen LogP contribution in [0.4, 0.5) is 0 Å². The van der Waals surface area contributed by atoms with Crippen LogP contribution in [0.25, 0.3) is 11.0 Å². The fourth-order valence-electron chi connectivity index (χ4n) is 3.28. The third-order valence-corrected chi connectivity index (χ3v) is 4.83. The maximum absolute atomic E-state index is 5.51. The molecule has 1 heterocycles. The van der Waals surface area contributed by atoms with Crippen molar-refractivity contribution in [2.45, 2.75) is 57.8 Å². The number of benzene rings is 1. The van der Waals surface area contributed by atoms with Gasteiger partial charge < -0.3 is 19.8 Å². The molecule has 0 aliphatic carbocycles. The number of rotatable bonds is 12. The third kappa shape index (κ3) is 5.36. The molecule has 2 aromatic rings. The van der Waals surface area contributed by atoms with E-state index >= 15 is 0 Å². The zero-order valence-corrected chi connectivity index (χ0v) is 16.0. The lowest BCUT2D eigenvalue weighted by Gasteiger charge is -2.07. The molecule has 2 rings (SSSR count). The van der Waals surface area contributed by atoms with Gasteiger partial charge in [0, 0.05) is 25.6 Å². The first-order valence-corrected chi connectivity index (χ1v) is 9.48. The topological polar surface area (TPSA) is 62.3 Å². The highest BCUT2D eigenvalue weighted by molar-refractivity contribution is 5.80. The van der Waals surface area contributed by atoms with E-state index < -0.39 is 0 Å². The maximum atomic E-state index is 5.51. The molecule has 0 saturated carbocycles. The number of hydrogen-bond acceptors (Lipinski definition) is 4. The molecule has 0 atom stereocenters. The molecule has 0 amide bonds. The van der Waals surface area contributed by atoms with Crippen LogP contribution >= 0.6 is 0 Å². The van der Waals surface area contributed by atoms with Crippen molar-refractivity contribution in [1.29, 1.82) is 0 Å². The molecule has 0 spiro atoms. The van der Waals surface area contributed by atoms with Crippen molar-refractivity contribution in [2.75, 3.05) is 20.8 Å². The minimum atomic E-state index is 0.731. The van der Waals surface area contributed by atoms with Crippen LogP contribution in [0.1, 0.15) is 57.2 Å². The predicted molar refractivity (Wildman–Crippen MR) is 104 cm³/mol. The zero-order valence-electron chi connectivity index (χ0n) is 16.0. The van der Waals surface area contributed by atoms with Crippen LogP contribution in [-0.2, 0) is 13.5 Å². The summed E-state index contributed by atoms with van der Waals surface area (Å²) in [6.45, 7) is 0.829. The van der Waals surface area contributed by atoms with E-state index in [1.807, 2.05) is 12.1 Å². The number of methoxy groups -OCH3 is 2. The second-order valence-corrected chi connectivity index (χ2v) is 6.65. The van der Waals surface area contributed by atoms with Gasteiger partial charge >= 0.3 is 0 Å². The molecule has 0 bridgehead atoms. The van der Waals surface area contributed by atoms with Crippen molar-refractivity contribution in [1.82, 2.24) is 9.55 Å². The summed E-state index contributed by atoms with van der Waals surface area (Å²) in [7, 11) is 5.40. The Morgan fingerprint density at radius 3 is 2.04 bits per heavy atom. The SMILES string of the molecule is COc1cc2nc(CCCCCCCCCCN)n(C)c2cc1OC. The maximum Gasteiger partial charge on any atom is 0.163 e. The lowest BCUT2D eigenvalue weighted by Crippen LogP contribution is -1.98. The Bertz CT molecular complexity index is 652. The number of nitrogens with two attached hydrogens (primary N) is 1. The number of aromatic nitrogens is 2. The van der Waals surface area contributed by atoms with Gasteiger partial charge in [0.15, 0.2) is 11.5 Å². The minimum absolute atomic E-state index is 0.731. The molecular weight excluding hydrogens is 314 g/mol. The molecule has 25 heavy (non-hydrogen) atoms. The van der Waals surface area contributed by atoms with Gasteiger partial charge in [0.2, 0.25) is 0 Å². The van der Waals surface area contributed by atoms with E-state index in [0.717, 1.165) is 41.3 Å². The summed E-state index contributed by atoms with van der Waals surface area (Å²) in [5, 5.41) is 0. The van der Waals surface area contributed by atoms with Crippen LogP contribution in [0.5, 0.6) is 11.5 Å². The van der Waals surface area contributed by atoms with E-state index in [9.17, 15) is 0 Å². The van der Waals surface area contributed by atoms with Crippen LogP contribution in [0.2, 0.25) is 0 Å². The summed E-state index contributed by atoms with van der Waals surface area (Å²) in [6, 6.07) is 3.96. The number of ether oxygens (including phenoxy) is 2. The standard InChI is InChI=1S/C20H33N3O2/c1-23-17-15-19(25-3)18(24-2)14-16(17)22-20(23)12-10-8-6-4-5-7-9-11-13-21/h14-15H,4-13,21H2,1-3H3. The number of nitrogens with zero attached hydrogens (tertiary/aromatic N) is 2. The van der Waals surface area contributed by atoms with Gasteiger partial charge in [-0.25, -0.2) is 4.98 Å². The van der Waals surface area contributed by atoms with E-state index in [1.165, 1.54) is 51.4 Å². The fourth-order valence-corrected chi connectivity index (χ4v) is 3.28. The summed E-state index contributed by atoms with van der Waals surface area (Å²) < 4.78 is 12.9. The molecule has 0 aliphatic rings. The van der Waals surface area contributed by atoms with Crippen LogP contribution in [0.3, 0.4) is 0 Å². The summed E-state index contributed by atoms with van der Waals surface area (Å²) in [5.74, 6) is 2.61. The summed E-state index contributed by atoms with van der Waals surface area (Å²) in [4.78, 5) is 4.78. The van der Waals surface area contributed by atoms with Gasteiger partial charge in [-0.15, -0.1) is 0 Å². The van der Waals surface area contributed by atoms with E-state index in [1.54, 1.807) is 14.2 Å². The monoisotopic (exact) mass is 347 g/mol. The Labute approximate surface area is 151 Å². The van der Waals surface area contributed by atoms with Crippen molar-refractivity contribution in [3.05, 3.63) is 18.0 Å². The minimum Gasteiger partial charge on any atom is -0.493 e. The van der Waals surface area contributed by atoms with E-state index in [-0.39, 0.29) is 0 Å². The molecule has 0 aliphatic heterocycles. The second-order valence-electron chi connectivity index (χ2n) is 6.65. The molecule has 1 aromatic heterocycles. The third-order valence-electron chi connectivity index (χ3n) is 4.83. The smallest absolute Gasteiger partial charge is 0.163 e. The summed E-state index contributed by atoms with van der Waals surface area (Å²) in [5.41, 5.74) is 7.57. The Kier molecular flexibility index (Phi) is 8.06. The highest BCUT2D eigenvalue weighted by atomic mass is 16.5. The van der Waals surface area contributed by atoms with Gasteiger partial charge in [-0.3, -0.25) is 0 Å². The van der Waals surface area contributed by atoms with Crippen LogP contribution < -0.4 is 15.2 Å². The number of unbranched alkanes of at least 4 members (excludes halogenated alkanes) is 7. The van der Waals surface area contributed by atoms with Gasteiger partial charge in [-0.05, 0) is 19.4 Å². The van der Waals surface area contributed by atoms with Crippen LogP contribution in [0.15, 0.2) is 12.1 Å². The van der Waals surface area contributed by atoms with E-state index in [4.69, 9.17) is 20.2 Å². The van der Waals surface area contributed by atoms with Gasteiger partial charge in [-0.1, -0.05) is 38.5 Å².